The number of fused-ring (bicyclic) bond motifs is 1. The molecular weight excluding hydrogens is 170 g/mol. The second-order valence-electron chi connectivity index (χ2n) is 3.52. The Bertz CT molecular complexity index is 463. The van der Waals surface area contributed by atoms with Gasteiger partial charge in [0.15, 0.2) is 0 Å². The summed E-state index contributed by atoms with van der Waals surface area (Å²) in [4.78, 5) is 3.38. The molecular formula is C13H15N. The number of para-hydroxylation sites is 1. The molecule has 0 fully saturated rings. The minimum Gasteiger partial charge on any atom is -0.358 e. The van der Waals surface area contributed by atoms with E-state index >= 15 is 0 Å². The number of aromatic amines is 1. The van der Waals surface area contributed by atoms with E-state index in [4.69, 9.17) is 0 Å². The van der Waals surface area contributed by atoms with Crippen LogP contribution in [0.1, 0.15) is 24.6 Å². The smallest absolute Gasteiger partial charge is 0.0462 e. The molecule has 0 unspecified atom stereocenters. The van der Waals surface area contributed by atoms with Crippen molar-refractivity contribution >= 4 is 17.0 Å². The number of benzene rings is 1. The maximum atomic E-state index is 3.38. The monoisotopic (exact) mass is 185 g/mol. The van der Waals surface area contributed by atoms with E-state index in [1.807, 2.05) is 0 Å². The van der Waals surface area contributed by atoms with Crippen molar-refractivity contribution in [2.75, 3.05) is 0 Å². The van der Waals surface area contributed by atoms with Gasteiger partial charge in [0.2, 0.25) is 0 Å². The predicted octanol–water partition coefficient (Wildman–Crippen LogP) is 3.90. The van der Waals surface area contributed by atoms with E-state index in [1.54, 1.807) is 0 Å². The van der Waals surface area contributed by atoms with Crippen LogP contribution in [0, 0.1) is 6.92 Å². The van der Waals surface area contributed by atoms with E-state index in [9.17, 15) is 0 Å². The molecule has 2 aromatic rings. The molecule has 0 aliphatic heterocycles. The van der Waals surface area contributed by atoms with Crippen molar-refractivity contribution in [3.8, 4) is 0 Å². The van der Waals surface area contributed by atoms with Crippen molar-refractivity contribution < 1.29 is 0 Å². The molecule has 0 amide bonds. The maximum Gasteiger partial charge on any atom is 0.0462 e. The molecule has 1 aromatic carbocycles. The van der Waals surface area contributed by atoms with Crippen molar-refractivity contribution in [3.05, 3.63) is 41.6 Å². The van der Waals surface area contributed by atoms with Crippen molar-refractivity contribution in [1.82, 2.24) is 4.98 Å². The topological polar surface area (TPSA) is 15.8 Å². The van der Waals surface area contributed by atoms with Gasteiger partial charge in [0.1, 0.15) is 0 Å². The molecule has 0 bridgehead atoms. The highest BCUT2D eigenvalue weighted by Crippen LogP contribution is 2.22. The van der Waals surface area contributed by atoms with E-state index in [2.05, 4.69) is 55.2 Å². The van der Waals surface area contributed by atoms with Gasteiger partial charge in [0.05, 0.1) is 0 Å². The van der Waals surface area contributed by atoms with E-state index in [0.717, 1.165) is 6.42 Å². The fourth-order valence-electron chi connectivity index (χ4n) is 1.75. The molecule has 0 aliphatic rings. The standard InChI is InChI=1S/C13H15N/c1-3-4-7-11-10(2)14-13-9-6-5-8-12(11)13/h4-9,14H,3H2,1-2H3/b7-4-. The molecule has 2 rings (SSSR count). The number of H-pyrrole nitrogens is 1. The van der Waals surface area contributed by atoms with Crippen LogP contribution in [0.15, 0.2) is 30.3 Å². The molecule has 1 heteroatoms. The number of rotatable bonds is 2. The zero-order chi connectivity index (χ0) is 9.97. The van der Waals surface area contributed by atoms with Gasteiger partial charge in [-0.25, -0.2) is 0 Å². The molecule has 0 radical (unpaired) electrons. The van der Waals surface area contributed by atoms with Gasteiger partial charge >= 0.3 is 0 Å². The Kier molecular flexibility index (Phi) is 2.40. The second-order valence-corrected chi connectivity index (χ2v) is 3.52. The summed E-state index contributed by atoms with van der Waals surface area (Å²) < 4.78 is 0. The van der Waals surface area contributed by atoms with Crippen LogP contribution in [-0.2, 0) is 0 Å². The second kappa shape index (κ2) is 3.70. The van der Waals surface area contributed by atoms with Crippen LogP contribution >= 0.6 is 0 Å². The van der Waals surface area contributed by atoms with Gasteiger partial charge in [-0.3, -0.25) is 0 Å². The average Bonchev–Trinajstić information content (AvgIpc) is 2.51. The minimum absolute atomic E-state index is 1.08. The quantitative estimate of drug-likeness (QED) is 0.730. The third-order valence-corrected chi connectivity index (χ3v) is 2.46. The van der Waals surface area contributed by atoms with Crippen LogP contribution < -0.4 is 0 Å². The van der Waals surface area contributed by atoms with Gasteiger partial charge in [0, 0.05) is 22.2 Å². The van der Waals surface area contributed by atoms with E-state index in [-0.39, 0.29) is 0 Å². The maximum absolute atomic E-state index is 3.38. The van der Waals surface area contributed by atoms with Crippen LogP contribution in [0.25, 0.3) is 17.0 Å². The Hall–Kier alpha value is -1.50. The first-order valence-corrected chi connectivity index (χ1v) is 5.06. The number of hydrogen-bond acceptors (Lipinski definition) is 0. The summed E-state index contributed by atoms with van der Waals surface area (Å²) in [5.74, 6) is 0. The SMILES string of the molecule is CC/C=C\c1c(C)[nH]c2ccccc12. The van der Waals surface area contributed by atoms with Crippen molar-refractivity contribution in [2.45, 2.75) is 20.3 Å². The molecule has 0 saturated carbocycles. The lowest BCUT2D eigenvalue weighted by molar-refractivity contribution is 1.23. The highest BCUT2D eigenvalue weighted by atomic mass is 14.7. The lowest BCUT2D eigenvalue weighted by Gasteiger charge is -1.91. The van der Waals surface area contributed by atoms with Crippen LogP contribution in [0.5, 0.6) is 0 Å². The molecule has 0 aliphatic carbocycles. The van der Waals surface area contributed by atoms with E-state index < -0.39 is 0 Å². The summed E-state index contributed by atoms with van der Waals surface area (Å²) in [6.45, 7) is 4.27. The molecule has 0 spiro atoms. The van der Waals surface area contributed by atoms with Gasteiger partial charge < -0.3 is 4.98 Å². The van der Waals surface area contributed by atoms with Gasteiger partial charge in [0.25, 0.3) is 0 Å². The fourth-order valence-corrected chi connectivity index (χ4v) is 1.75. The van der Waals surface area contributed by atoms with E-state index in [0.29, 0.717) is 0 Å². The molecule has 72 valence electrons. The van der Waals surface area contributed by atoms with Gasteiger partial charge in [-0.1, -0.05) is 37.3 Å². The summed E-state index contributed by atoms with van der Waals surface area (Å²) in [6, 6.07) is 8.42. The zero-order valence-electron chi connectivity index (χ0n) is 8.67. The minimum atomic E-state index is 1.08. The predicted molar refractivity (Wildman–Crippen MR) is 62.4 cm³/mol. The lowest BCUT2D eigenvalue weighted by Crippen LogP contribution is -1.73. The molecule has 1 nitrogen and oxygen atoms in total. The van der Waals surface area contributed by atoms with Crippen molar-refractivity contribution in [2.24, 2.45) is 0 Å². The molecule has 1 heterocycles. The lowest BCUT2D eigenvalue weighted by atomic mass is 10.1. The van der Waals surface area contributed by atoms with Crippen molar-refractivity contribution in [3.63, 3.8) is 0 Å². The van der Waals surface area contributed by atoms with Gasteiger partial charge in [-0.05, 0) is 19.4 Å². The Balaban J connectivity index is 2.62. The van der Waals surface area contributed by atoms with Crippen LogP contribution in [0.2, 0.25) is 0 Å². The van der Waals surface area contributed by atoms with Gasteiger partial charge in [-0.15, -0.1) is 0 Å². The van der Waals surface area contributed by atoms with E-state index in [1.165, 1.54) is 22.2 Å². The molecule has 1 aromatic heterocycles. The molecule has 0 saturated heterocycles. The fraction of sp³-hybridized carbons (Fsp3) is 0.231. The highest BCUT2D eigenvalue weighted by molar-refractivity contribution is 5.90. The first-order valence-electron chi connectivity index (χ1n) is 5.06. The molecule has 14 heavy (non-hydrogen) atoms. The zero-order valence-corrected chi connectivity index (χ0v) is 8.67. The summed E-state index contributed by atoms with van der Waals surface area (Å²) in [5.41, 5.74) is 3.79. The largest absolute Gasteiger partial charge is 0.358 e. The normalized spacial score (nSPS) is 11.6. The number of nitrogens with one attached hydrogen (secondary N) is 1. The Labute approximate surface area is 84.5 Å². The van der Waals surface area contributed by atoms with Crippen molar-refractivity contribution in [1.29, 1.82) is 0 Å². The van der Waals surface area contributed by atoms with Crippen LogP contribution in [0.4, 0.5) is 0 Å². The summed E-state index contributed by atoms with van der Waals surface area (Å²) in [6.07, 6.45) is 5.48. The number of hydrogen-bond donors (Lipinski definition) is 1. The summed E-state index contributed by atoms with van der Waals surface area (Å²) in [5, 5.41) is 1.31. The number of aryl methyl sites for hydroxylation is 1. The highest BCUT2D eigenvalue weighted by Gasteiger charge is 2.03. The third kappa shape index (κ3) is 1.46. The molecule has 1 N–H and O–H groups in total. The number of allylic oxidation sites excluding steroid dienone is 1. The Morgan fingerprint density at radius 3 is 2.86 bits per heavy atom. The van der Waals surface area contributed by atoms with Crippen LogP contribution in [0.3, 0.4) is 0 Å². The van der Waals surface area contributed by atoms with Gasteiger partial charge in [-0.2, -0.15) is 0 Å². The Morgan fingerprint density at radius 1 is 1.29 bits per heavy atom. The Morgan fingerprint density at radius 2 is 2.07 bits per heavy atom. The summed E-state index contributed by atoms with van der Waals surface area (Å²) >= 11 is 0. The number of aromatic nitrogens is 1. The first-order chi connectivity index (χ1) is 6.83. The average molecular weight is 185 g/mol. The first kappa shape index (κ1) is 9.07. The molecule has 0 atom stereocenters. The third-order valence-electron chi connectivity index (χ3n) is 2.46. The summed E-state index contributed by atoms with van der Waals surface area (Å²) in [7, 11) is 0. The van der Waals surface area contributed by atoms with Crippen LogP contribution in [-0.4, -0.2) is 4.98 Å².